The van der Waals surface area contributed by atoms with Crippen LogP contribution in [0.1, 0.15) is 46.5 Å². The molecule has 0 spiro atoms. The summed E-state index contributed by atoms with van der Waals surface area (Å²) in [6.07, 6.45) is 3.79. The van der Waals surface area contributed by atoms with Crippen LogP contribution in [0.2, 0.25) is 0 Å². The van der Waals surface area contributed by atoms with E-state index in [4.69, 9.17) is 4.74 Å². The Bertz CT molecular complexity index is 102. The molecule has 13 heavy (non-hydrogen) atoms. The molecule has 2 nitrogen and oxygen atoms in total. The summed E-state index contributed by atoms with van der Waals surface area (Å²) in [4.78, 5) is 0. The van der Waals surface area contributed by atoms with Crippen molar-refractivity contribution >= 4 is 0 Å². The Labute approximate surface area is 82.3 Å². The molecule has 0 aliphatic carbocycles. The van der Waals surface area contributed by atoms with Gasteiger partial charge in [-0.3, -0.25) is 0 Å². The molecule has 0 amide bonds. The number of hydrogen-bond donors (Lipinski definition) is 1. The van der Waals surface area contributed by atoms with Crippen molar-refractivity contribution in [1.29, 1.82) is 0 Å². The van der Waals surface area contributed by atoms with Gasteiger partial charge in [0, 0.05) is 13.2 Å². The lowest BCUT2D eigenvalue weighted by Crippen LogP contribution is -2.13. The van der Waals surface area contributed by atoms with E-state index in [1.54, 1.807) is 0 Å². The van der Waals surface area contributed by atoms with E-state index in [1.807, 2.05) is 0 Å². The minimum Gasteiger partial charge on any atom is -0.393 e. The third-order valence-corrected chi connectivity index (χ3v) is 1.98. The molecular formula is C11H24O2. The number of ether oxygens (including phenoxy) is 1. The van der Waals surface area contributed by atoms with Crippen molar-refractivity contribution in [2.75, 3.05) is 13.2 Å². The predicted molar refractivity (Wildman–Crippen MR) is 55.8 cm³/mol. The van der Waals surface area contributed by atoms with E-state index in [1.165, 1.54) is 6.42 Å². The quantitative estimate of drug-likeness (QED) is 0.593. The van der Waals surface area contributed by atoms with E-state index in [0.717, 1.165) is 25.9 Å². The lowest BCUT2D eigenvalue weighted by Gasteiger charge is -2.12. The topological polar surface area (TPSA) is 29.5 Å². The average molecular weight is 188 g/mol. The SMILES string of the molecule is CCCCOCC[C@H](O)CC(C)C. The van der Waals surface area contributed by atoms with Gasteiger partial charge in [0.05, 0.1) is 6.10 Å². The van der Waals surface area contributed by atoms with Gasteiger partial charge in [-0.05, 0) is 25.2 Å². The second-order valence-electron chi connectivity index (χ2n) is 4.04. The minimum absolute atomic E-state index is 0.179. The van der Waals surface area contributed by atoms with Gasteiger partial charge in [0.1, 0.15) is 0 Å². The van der Waals surface area contributed by atoms with E-state index in [-0.39, 0.29) is 6.10 Å². The molecule has 0 aliphatic heterocycles. The molecule has 0 aromatic carbocycles. The molecule has 0 fully saturated rings. The highest BCUT2D eigenvalue weighted by atomic mass is 16.5. The fourth-order valence-electron chi connectivity index (χ4n) is 1.23. The molecule has 0 bridgehead atoms. The van der Waals surface area contributed by atoms with Crippen LogP contribution >= 0.6 is 0 Å². The van der Waals surface area contributed by atoms with Gasteiger partial charge < -0.3 is 9.84 Å². The predicted octanol–water partition coefficient (Wildman–Crippen LogP) is 2.60. The van der Waals surface area contributed by atoms with E-state index in [0.29, 0.717) is 12.5 Å². The number of aliphatic hydroxyl groups excluding tert-OH is 1. The van der Waals surface area contributed by atoms with Gasteiger partial charge in [0.15, 0.2) is 0 Å². The second-order valence-corrected chi connectivity index (χ2v) is 4.04. The fraction of sp³-hybridized carbons (Fsp3) is 1.00. The summed E-state index contributed by atoms with van der Waals surface area (Å²) < 4.78 is 5.37. The summed E-state index contributed by atoms with van der Waals surface area (Å²) in [5.41, 5.74) is 0. The normalized spacial score (nSPS) is 13.6. The van der Waals surface area contributed by atoms with Crippen molar-refractivity contribution in [3.63, 3.8) is 0 Å². The lowest BCUT2D eigenvalue weighted by molar-refractivity contribution is 0.0711. The molecule has 0 heterocycles. The minimum atomic E-state index is -0.179. The number of rotatable bonds is 8. The van der Waals surface area contributed by atoms with E-state index in [9.17, 15) is 5.11 Å². The highest BCUT2D eigenvalue weighted by molar-refractivity contribution is 4.57. The Morgan fingerprint density at radius 3 is 2.46 bits per heavy atom. The molecule has 0 unspecified atom stereocenters. The van der Waals surface area contributed by atoms with Crippen molar-refractivity contribution in [3.8, 4) is 0 Å². The van der Waals surface area contributed by atoms with Gasteiger partial charge in [-0.1, -0.05) is 27.2 Å². The molecule has 0 rings (SSSR count). The molecule has 1 atom stereocenters. The molecule has 80 valence electrons. The van der Waals surface area contributed by atoms with Crippen LogP contribution < -0.4 is 0 Å². The Balaban J connectivity index is 3.12. The highest BCUT2D eigenvalue weighted by Crippen LogP contribution is 2.07. The van der Waals surface area contributed by atoms with Crippen LogP contribution in [-0.4, -0.2) is 24.4 Å². The van der Waals surface area contributed by atoms with Gasteiger partial charge in [-0.2, -0.15) is 0 Å². The maximum atomic E-state index is 9.50. The molecule has 0 saturated heterocycles. The van der Waals surface area contributed by atoms with Crippen LogP contribution in [0.25, 0.3) is 0 Å². The summed E-state index contributed by atoms with van der Waals surface area (Å²) in [7, 11) is 0. The Kier molecular flexibility index (Phi) is 8.46. The van der Waals surface area contributed by atoms with Crippen LogP contribution in [0.3, 0.4) is 0 Å². The summed E-state index contributed by atoms with van der Waals surface area (Å²) >= 11 is 0. The van der Waals surface area contributed by atoms with Gasteiger partial charge in [-0.25, -0.2) is 0 Å². The van der Waals surface area contributed by atoms with Gasteiger partial charge in [0.25, 0.3) is 0 Å². The Morgan fingerprint density at radius 2 is 1.92 bits per heavy atom. The molecule has 0 aromatic rings. The van der Waals surface area contributed by atoms with E-state index in [2.05, 4.69) is 20.8 Å². The highest BCUT2D eigenvalue weighted by Gasteiger charge is 2.05. The maximum Gasteiger partial charge on any atom is 0.0564 e. The maximum absolute atomic E-state index is 9.50. The number of unbranched alkanes of at least 4 members (excludes halogenated alkanes) is 1. The average Bonchev–Trinajstić information content (AvgIpc) is 2.02. The molecule has 0 aromatic heterocycles. The smallest absolute Gasteiger partial charge is 0.0564 e. The zero-order valence-corrected chi connectivity index (χ0v) is 9.25. The van der Waals surface area contributed by atoms with Crippen molar-refractivity contribution in [3.05, 3.63) is 0 Å². The lowest BCUT2D eigenvalue weighted by atomic mass is 10.0. The number of aliphatic hydroxyl groups is 1. The molecular weight excluding hydrogens is 164 g/mol. The van der Waals surface area contributed by atoms with Crippen molar-refractivity contribution in [1.82, 2.24) is 0 Å². The van der Waals surface area contributed by atoms with Crippen LogP contribution in [-0.2, 0) is 4.74 Å². The van der Waals surface area contributed by atoms with Crippen LogP contribution in [0.4, 0.5) is 0 Å². The third-order valence-electron chi connectivity index (χ3n) is 1.98. The second kappa shape index (κ2) is 8.52. The van der Waals surface area contributed by atoms with Crippen LogP contribution in [0, 0.1) is 5.92 Å². The first kappa shape index (κ1) is 12.9. The fourth-order valence-corrected chi connectivity index (χ4v) is 1.23. The van der Waals surface area contributed by atoms with Crippen molar-refractivity contribution in [2.45, 2.75) is 52.6 Å². The zero-order chi connectivity index (χ0) is 10.1. The van der Waals surface area contributed by atoms with Gasteiger partial charge >= 0.3 is 0 Å². The monoisotopic (exact) mass is 188 g/mol. The van der Waals surface area contributed by atoms with Crippen LogP contribution in [0.15, 0.2) is 0 Å². The number of hydrogen-bond acceptors (Lipinski definition) is 2. The molecule has 1 N–H and O–H groups in total. The summed E-state index contributed by atoms with van der Waals surface area (Å²) in [6.45, 7) is 7.94. The first-order valence-electron chi connectivity index (χ1n) is 5.42. The largest absolute Gasteiger partial charge is 0.393 e. The Hall–Kier alpha value is -0.0800. The third kappa shape index (κ3) is 9.84. The molecule has 0 saturated carbocycles. The molecule has 0 radical (unpaired) electrons. The van der Waals surface area contributed by atoms with Crippen molar-refractivity contribution < 1.29 is 9.84 Å². The first-order chi connectivity index (χ1) is 6.16. The standard InChI is InChI=1S/C11H24O2/c1-4-5-7-13-8-6-11(12)9-10(2)3/h10-12H,4-9H2,1-3H3/t11-/m0/s1. The van der Waals surface area contributed by atoms with Crippen molar-refractivity contribution in [2.24, 2.45) is 5.92 Å². The summed E-state index contributed by atoms with van der Waals surface area (Å²) in [5.74, 6) is 0.575. The van der Waals surface area contributed by atoms with Gasteiger partial charge in [0.2, 0.25) is 0 Å². The van der Waals surface area contributed by atoms with Crippen LogP contribution in [0.5, 0.6) is 0 Å². The first-order valence-corrected chi connectivity index (χ1v) is 5.42. The summed E-state index contributed by atoms with van der Waals surface area (Å²) in [6, 6.07) is 0. The Morgan fingerprint density at radius 1 is 1.23 bits per heavy atom. The van der Waals surface area contributed by atoms with Gasteiger partial charge in [-0.15, -0.1) is 0 Å². The molecule has 2 heteroatoms. The summed E-state index contributed by atoms with van der Waals surface area (Å²) in [5, 5.41) is 9.50. The zero-order valence-electron chi connectivity index (χ0n) is 9.25. The molecule has 0 aliphatic rings. The van der Waals surface area contributed by atoms with E-state index >= 15 is 0 Å². The van der Waals surface area contributed by atoms with E-state index < -0.39 is 0 Å².